The molecule has 2 aromatic heterocycles. The van der Waals surface area contributed by atoms with Crippen LogP contribution >= 0.6 is 27.3 Å². The molecule has 8 heteroatoms. The van der Waals surface area contributed by atoms with Crippen molar-refractivity contribution in [2.75, 3.05) is 11.9 Å². The topological polar surface area (TPSA) is 75.8 Å². The van der Waals surface area contributed by atoms with Gasteiger partial charge in [-0.2, -0.15) is 0 Å². The maximum Gasteiger partial charge on any atom is 0.410 e. The normalized spacial score (nSPS) is 12.5. The molecule has 172 valence electrons. The summed E-state index contributed by atoms with van der Waals surface area (Å²) in [5.74, 6) is 0.849. The number of aryl methyl sites for hydroxylation is 1. The molecule has 1 aromatic carbocycles. The minimum Gasteiger partial charge on any atom is -0.444 e. The SMILES string of the molecule is CC(C)(C)OC(=O)N(CCc1cnc(C(O)c2ccccc2)o1)Cc1cc(CCBr)cs1. The number of carbonyl (C=O) groups is 1. The van der Waals surface area contributed by atoms with Crippen molar-refractivity contribution in [3.8, 4) is 0 Å². The van der Waals surface area contributed by atoms with E-state index in [2.05, 4.69) is 32.4 Å². The molecular formula is C24H29BrN2O4S. The Kier molecular flexibility index (Phi) is 8.51. The van der Waals surface area contributed by atoms with Gasteiger partial charge in [0.1, 0.15) is 11.4 Å². The summed E-state index contributed by atoms with van der Waals surface area (Å²) in [4.78, 5) is 19.8. The van der Waals surface area contributed by atoms with Crippen molar-refractivity contribution >= 4 is 33.4 Å². The highest BCUT2D eigenvalue weighted by Crippen LogP contribution is 2.23. The molecule has 3 aromatic rings. The highest BCUT2D eigenvalue weighted by atomic mass is 79.9. The summed E-state index contributed by atoms with van der Waals surface area (Å²) in [6, 6.07) is 11.4. The van der Waals surface area contributed by atoms with Crippen LogP contribution < -0.4 is 0 Å². The molecule has 3 rings (SSSR count). The van der Waals surface area contributed by atoms with E-state index in [1.54, 1.807) is 22.4 Å². The second-order valence-electron chi connectivity index (χ2n) is 8.49. The standard InChI is InChI=1S/C24H29BrN2O4S/c1-24(2,3)31-23(29)27(15-20-13-17(9-11-25)16-32-20)12-10-19-14-26-22(30-19)21(28)18-7-5-4-6-8-18/h4-8,13-14,16,21,28H,9-12,15H2,1-3H3. The lowest BCUT2D eigenvalue weighted by atomic mass is 10.1. The maximum absolute atomic E-state index is 12.8. The predicted octanol–water partition coefficient (Wildman–Crippen LogP) is 5.74. The number of halogens is 1. The van der Waals surface area contributed by atoms with E-state index in [1.165, 1.54) is 5.56 Å². The Hall–Kier alpha value is -2.16. The first kappa shape index (κ1) is 24.5. The first-order chi connectivity index (χ1) is 15.2. The highest BCUT2D eigenvalue weighted by molar-refractivity contribution is 9.09. The van der Waals surface area contributed by atoms with E-state index in [9.17, 15) is 9.90 Å². The van der Waals surface area contributed by atoms with Crippen LogP contribution in [0.5, 0.6) is 0 Å². The summed E-state index contributed by atoms with van der Waals surface area (Å²) in [6.45, 7) is 6.45. The van der Waals surface area contributed by atoms with Crippen molar-refractivity contribution in [3.05, 3.63) is 75.6 Å². The summed E-state index contributed by atoms with van der Waals surface area (Å²) in [6.07, 6.45) is 1.73. The predicted molar refractivity (Wildman–Crippen MR) is 129 cm³/mol. The average Bonchev–Trinajstić information content (AvgIpc) is 3.40. The summed E-state index contributed by atoms with van der Waals surface area (Å²) >= 11 is 5.11. The Labute approximate surface area is 201 Å². The van der Waals surface area contributed by atoms with Gasteiger partial charge in [-0.25, -0.2) is 9.78 Å². The fraction of sp³-hybridized carbons (Fsp3) is 0.417. The summed E-state index contributed by atoms with van der Waals surface area (Å²) in [7, 11) is 0. The fourth-order valence-electron chi connectivity index (χ4n) is 3.09. The molecule has 2 heterocycles. The minimum atomic E-state index is -0.925. The van der Waals surface area contributed by atoms with Gasteiger partial charge in [0.05, 0.1) is 12.7 Å². The van der Waals surface area contributed by atoms with Gasteiger partial charge in [0.25, 0.3) is 0 Å². The van der Waals surface area contributed by atoms with Gasteiger partial charge in [-0.3, -0.25) is 0 Å². The van der Waals surface area contributed by atoms with E-state index in [1.807, 2.05) is 51.1 Å². The monoisotopic (exact) mass is 520 g/mol. The Morgan fingerprint density at radius 3 is 2.72 bits per heavy atom. The number of aromatic nitrogens is 1. The van der Waals surface area contributed by atoms with Crippen molar-refractivity contribution in [1.82, 2.24) is 9.88 Å². The quantitative estimate of drug-likeness (QED) is 0.364. The number of rotatable bonds is 9. The number of oxazole rings is 1. The first-order valence-electron chi connectivity index (χ1n) is 10.5. The third-order valence-corrected chi connectivity index (χ3v) is 6.01. The van der Waals surface area contributed by atoms with Crippen molar-refractivity contribution in [3.63, 3.8) is 0 Å². The summed E-state index contributed by atoms with van der Waals surface area (Å²) < 4.78 is 11.4. The van der Waals surface area contributed by atoms with Crippen LogP contribution in [0.15, 0.2) is 52.4 Å². The molecule has 1 N–H and O–H groups in total. The van der Waals surface area contributed by atoms with E-state index in [0.29, 0.717) is 30.8 Å². The number of aliphatic hydroxyl groups is 1. The average molecular weight is 521 g/mol. The Bertz CT molecular complexity index is 997. The van der Waals surface area contributed by atoms with Crippen LogP contribution in [-0.2, 0) is 24.1 Å². The fourth-order valence-corrected chi connectivity index (χ4v) is 4.48. The van der Waals surface area contributed by atoms with E-state index in [-0.39, 0.29) is 12.0 Å². The summed E-state index contributed by atoms with van der Waals surface area (Å²) in [5.41, 5.74) is 1.39. The lowest BCUT2D eigenvalue weighted by Crippen LogP contribution is -2.37. The number of hydrogen-bond donors (Lipinski definition) is 1. The van der Waals surface area contributed by atoms with Gasteiger partial charge in [0, 0.05) is 23.2 Å². The molecule has 0 spiro atoms. The van der Waals surface area contributed by atoms with Crippen LogP contribution in [0, 0.1) is 0 Å². The molecule has 6 nitrogen and oxygen atoms in total. The molecular weight excluding hydrogens is 492 g/mol. The van der Waals surface area contributed by atoms with Crippen LogP contribution in [0.4, 0.5) is 4.79 Å². The van der Waals surface area contributed by atoms with Crippen LogP contribution in [0.3, 0.4) is 0 Å². The van der Waals surface area contributed by atoms with Gasteiger partial charge < -0.3 is 19.2 Å². The second kappa shape index (κ2) is 11.1. The van der Waals surface area contributed by atoms with Gasteiger partial charge in [-0.15, -0.1) is 11.3 Å². The molecule has 0 aliphatic carbocycles. The Morgan fingerprint density at radius 2 is 2.03 bits per heavy atom. The Morgan fingerprint density at radius 1 is 1.28 bits per heavy atom. The van der Waals surface area contributed by atoms with E-state index < -0.39 is 11.7 Å². The molecule has 0 aliphatic rings. The maximum atomic E-state index is 12.8. The van der Waals surface area contributed by atoms with Crippen LogP contribution in [-0.4, -0.2) is 38.6 Å². The third kappa shape index (κ3) is 7.18. The number of carbonyl (C=O) groups excluding carboxylic acids is 1. The molecule has 0 bridgehead atoms. The van der Waals surface area contributed by atoms with Crippen molar-refractivity contribution in [2.24, 2.45) is 0 Å². The molecule has 0 aliphatic heterocycles. The molecule has 1 amide bonds. The largest absolute Gasteiger partial charge is 0.444 e. The van der Waals surface area contributed by atoms with Gasteiger partial charge in [0.15, 0.2) is 6.10 Å². The van der Waals surface area contributed by atoms with Crippen LogP contribution in [0.1, 0.15) is 54.5 Å². The molecule has 1 unspecified atom stereocenters. The number of nitrogens with zero attached hydrogens (tertiary/aromatic N) is 2. The number of aliphatic hydroxyl groups excluding tert-OH is 1. The molecule has 0 saturated carbocycles. The molecule has 32 heavy (non-hydrogen) atoms. The molecule has 0 saturated heterocycles. The zero-order valence-electron chi connectivity index (χ0n) is 18.6. The van der Waals surface area contributed by atoms with Gasteiger partial charge in [0.2, 0.25) is 5.89 Å². The number of alkyl halides is 1. The number of hydrogen-bond acceptors (Lipinski definition) is 6. The second-order valence-corrected chi connectivity index (χ2v) is 10.3. The van der Waals surface area contributed by atoms with Gasteiger partial charge in [-0.05, 0) is 49.8 Å². The third-order valence-electron chi connectivity index (χ3n) is 4.64. The smallest absolute Gasteiger partial charge is 0.410 e. The van der Waals surface area contributed by atoms with Gasteiger partial charge in [-0.1, -0.05) is 46.3 Å². The Balaban J connectivity index is 1.67. The number of ether oxygens (including phenoxy) is 1. The van der Waals surface area contributed by atoms with Crippen LogP contribution in [0.2, 0.25) is 0 Å². The van der Waals surface area contributed by atoms with E-state index in [4.69, 9.17) is 9.15 Å². The highest BCUT2D eigenvalue weighted by Gasteiger charge is 2.24. The lowest BCUT2D eigenvalue weighted by molar-refractivity contribution is 0.0235. The molecule has 1 atom stereocenters. The van der Waals surface area contributed by atoms with Crippen molar-refractivity contribution < 1.29 is 19.1 Å². The molecule has 0 radical (unpaired) electrons. The van der Waals surface area contributed by atoms with E-state index >= 15 is 0 Å². The van der Waals surface area contributed by atoms with Crippen molar-refractivity contribution in [2.45, 2.75) is 51.9 Å². The molecule has 0 fully saturated rings. The zero-order valence-corrected chi connectivity index (χ0v) is 21.0. The van der Waals surface area contributed by atoms with Gasteiger partial charge >= 0.3 is 6.09 Å². The number of amides is 1. The van der Waals surface area contributed by atoms with Crippen LogP contribution in [0.25, 0.3) is 0 Å². The zero-order chi connectivity index (χ0) is 23.1. The lowest BCUT2D eigenvalue weighted by Gasteiger charge is -2.27. The van der Waals surface area contributed by atoms with E-state index in [0.717, 1.165) is 16.6 Å². The first-order valence-corrected chi connectivity index (χ1v) is 12.5. The number of benzene rings is 1. The minimum absolute atomic E-state index is 0.243. The summed E-state index contributed by atoms with van der Waals surface area (Å²) in [5, 5.41) is 13.5. The van der Waals surface area contributed by atoms with Crippen molar-refractivity contribution in [1.29, 1.82) is 0 Å². The number of thiophene rings is 1.